The second-order valence-electron chi connectivity index (χ2n) is 8.59. The van der Waals surface area contributed by atoms with Crippen LogP contribution >= 0.6 is 0 Å². The van der Waals surface area contributed by atoms with Gasteiger partial charge in [0.2, 0.25) is 0 Å². The first-order chi connectivity index (χ1) is 13.9. The number of rotatable bonds is 5. The summed E-state index contributed by atoms with van der Waals surface area (Å²) in [5.74, 6) is 0.112. The van der Waals surface area contributed by atoms with E-state index in [1.165, 1.54) is 25.5 Å². The molecule has 4 rings (SSSR count). The molecule has 0 radical (unpaired) electrons. The van der Waals surface area contributed by atoms with Gasteiger partial charge in [-0.1, -0.05) is 6.42 Å². The van der Waals surface area contributed by atoms with Crippen molar-refractivity contribution < 1.29 is 18.0 Å². The molecule has 8 heteroatoms. The first-order valence-electron chi connectivity index (χ1n) is 10.7. The number of aldehydes is 1. The van der Waals surface area contributed by atoms with Crippen LogP contribution in [0, 0.1) is 5.92 Å². The van der Waals surface area contributed by atoms with Gasteiger partial charge in [-0.25, -0.2) is 4.98 Å². The number of carbonyl (C=O) groups excluding carboxylic acids is 1. The number of nitrogens with zero attached hydrogens (tertiary/aromatic N) is 3. The van der Waals surface area contributed by atoms with Gasteiger partial charge in [0, 0.05) is 44.2 Å². The molecule has 1 aromatic heterocycles. The molecule has 0 atom stereocenters. The summed E-state index contributed by atoms with van der Waals surface area (Å²) in [5, 5.41) is 3.35. The second-order valence-corrected chi connectivity index (χ2v) is 8.59. The molecule has 1 aromatic rings. The molecule has 5 nitrogen and oxygen atoms in total. The van der Waals surface area contributed by atoms with Crippen molar-refractivity contribution in [3.05, 3.63) is 18.0 Å². The number of piperazine rings is 1. The van der Waals surface area contributed by atoms with Crippen molar-refractivity contribution in [2.24, 2.45) is 5.92 Å². The van der Waals surface area contributed by atoms with Crippen LogP contribution in [0.2, 0.25) is 0 Å². The Hall–Kier alpha value is -1.83. The zero-order chi connectivity index (χ0) is 20.4. The lowest BCUT2D eigenvalue weighted by atomic mass is 9.87. The van der Waals surface area contributed by atoms with Gasteiger partial charge < -0.3 is 15.0 Å². The summed E-state index contributed by atoms with van der Waals surface area (Å²) >= 11 is 0. The third kappa shape index (κ3) is 4.68. The number of carbonyl (C=O) groups is 1. The van der Waals surface area contributed by atoms with E-state index in [0.29, 0.717) is 24.8 Å². The second kappa shape index (κ2) is 8.50. The molecule has 0 spiro atoms. The van der Waals surface area contributed by atoms with E-state index in [0.717, 1.165) is 45.1 Å². The Kier molecular flexibility index (Phi) is 5.99. The van der Waals surface area contributed by atoms with Gasteiger partial charge in [0.25, 0.3) is 0 Å². The number of nitrogens with one attached hydrogen (secondary N) is 1. The number of anilines is 2. The van der Waals surface area contributed by atoms with Crippen molar-refractivity contribution in [1.82, 2.24) is 9.88 Å². The summed E-state index contributed by atoms with van der Waals surface area (Å²) < 4.78 is 40.8. The van der Waals surface area contributed by atoms with E-state index in [4.69, 9.17) is 0 Å². The molecule has 2 saturated carbocycles. The maximum Gasteiger partial charge on any atom is 0.435 e. The lowest BCUT2D eigenvalue weighted by molar-refractivity contribution is -0.140. The maximum atomic E-state index is 13.6. The Morgan fingerprint density at radius 3 is 2.28 bits per heavy atom. The quantitative estimate of drug-likeness (QED) is 0.745. The molecule has 1 saturated heterocycles. The van der Waals surface area contributed by atoms with Crippen molar-refractivity contribution in [2.75, 3.05) is 36.4 Å². The minimum absolute atomic E-state index is 0.112. The first kappa shape index (κ1) is 20.4. The van der Waals surface area contributed by atoms with E-state index < -0.39 is 11.9 Å². The Labute approximate surface area is 169 Å². The number of alkyl halides is 3. The summed E-state index contributed by atoms with van der Waals surface area (Å²) in [6, 6.07) is 2.40. The van der Waals surface area contributed by atoms with Crippen LogP contribution in [0.15, 0.2) is 12.3 Å². The van der Waals surface area contributed by atoms with Crippen molar-refractivity contribution in [1.29, 1.82) is 0 Å². The van der Waals surface area contributed by atoms with E-state index in [1.807, 2.05) is 4.90 Å². The van der Waals surface area contributed by atoms with Crippen LogP contribution in [0.25, 0.3) is 0 Å². The molecule has 0 bridgehead atoms. The predicted octanol–water partition coefficient (Wildman–Crippen LogP) is 3.94. The fourth-order valence-electron chi connectivity index (χ4n) is 4.71. The summed E-state index contributed by atoms with van der Waals surface area (Å²) in [6.45, 7) is 2.79. The van der Waals surface area contributed by atoms with E-state index in [1.54, 1.807) is 6.07 Å². The van der Waals surface area contributed by atoms with Crippen LogP contribution < -0.4 is 10.2 Å². The lowest BCUT2D eigenvalue weighted by Gasteiger charge is -2.43. The van der Waals surface area contributed by atoms with Gasteiger partial charge in [0.15, 0.2) is 5.69 Å². The summed E-state index contributed by atoms with van der Waals surface area (Å²) in [7, 11) is 0. The average molecular weight is 410 g/mol. The van der Waals surface area contributed by atoms with Crippen molar-refractivity contribution in [2.45, 2.75) is 63.2 Å². The van der Waals surface area contributed by atoms with Gasteiger partial charge in [0.05, 0.1) is 17.6 Å². The molecule has 29 heavy (non-hydrogen) atoms. The highest BCUT2D eigenvalue weighted by Gasteiger charge is 2.38. The Balaban J connectivity index is 1.47. The van der Waals surface area contributed by atoms with E-state index in [2.05, 4.69) is 15.2 Å². The van der Waals surface area contributed by atoms with Gasteiger partial charge in [-0.2, -0.15) is 13.2 Å². The van der Waals surface area contributed by atoms with Crippen molar-refractivity contribution in [3.8, 4) is 0 Å². The molecular weight excluding hydrogens is 381 g/mol. The molecule has 0 amide bonds. The summed E-state index contributed by atoms with van der Waals surface area (Å²) in [6.07, 6.45) is 4.86. The third-order valence-electron chi connectivity index (χ3n) is 6.72. The standard InChI is InChI=1S/C21H29F3N4O/c22-21(23,24)20-19(28-10-8-27(9-11-28)18-2-1-3-18)12-17(13-25-20)26-16-6-4-15(14-29)5-7-16/h12-16,18,26H,1-11H2. The number of halogens is 3. The van der Waals surface area contributed by atoms with Crippen molar-refractivity contribution in [3.63, 3.8) is 0 Å². The highest BCUT2D eigenvalue weighted by molar-refractivity contribution is 5.61. The molecule has 160 valence electrons. The minimum atomic E-state index is -4.47. The van der Waals surface area contributed by atoms with E-state index in [-0.39, 0.29) is 17.6 Å². The van der Waals surface area contributed by atoms with Crippen LogP contribution in [0.3, 0.4) is 0 Å². The van der Waals surface area contributed by atoms with Gasteiger partial charge in [0.1, 0.15) is 6.29 Å². The number of hydrogen-bond acceptors (Lipinski definition) is 5. The molecule has 2 aliphatic carbocycles. The van der Waals surface area contributed by atoms with Crippen molar-refractivity contribution >= 4 is 17.7 Å². The number of hydrogen-bond donors (Lipinski definition) is 1. The van der Waals surface area contributed by atoms with Crippen LogP contribution in [0.4, 0.5) is 24.5 Å². The smallest absolute Gasteiger partial charge is 0.381 e. The summed E-state index contributed by atoms with van der Waals surface area (Å²) in [5.41, 5.74) is 0.00567. The topological polar surface area (TPSA) is 48.5 Å². The Morgan fingerprint density at radius 2 is 1.72 bits per heavy atom. The SMILES string of the molecule is O=CC1CCC(Nc2cnc(C(F)(F)F)c(N3CCN(C4CCC4)CC3)c2)CC1. The normalized spacial score (nSPS) is 26.8. The van der Waals surface area contributed by atoms with Crippen LogP contribution in [-0.2, 0) is 11.0 Å². The third-order valence-corrected chi connectivity index (χ3v) is 6.72. The number of pyridine rings is 1. The first-order valence-corrected chi connectivity index (χ1v) is 10.7. The number of aromatic nitrogens is 1. The van der Waals surface area contributed by atoms with Gasteiger partial charge in [-0.05, 0) is 44.6 Å². The molecule has 1 aliphatic heterocycles. The maximum absolute atomic E-state index is 13.6. The van der Waals surface area contributed by atoms with Gasteiger partial charge >= 0.3 is 6.18 Å². The van der Waals surface area contributed by atoms with Gasteiger partial charge in [-0.15, -0.1) is 0 Å². The van der Waals surface area contributed by atoms with E-state index in [9.17, 15) is 18.0 Å². The van der Waals surface area contributed by atoms with Crippen LogP contribution in [-0.4, -0.2) is 54.4 Å². The Morgan fingerprint density at radius 1 is 1.03 bits per heavy atom. The monoisotopic (exact) mass is 410 g/mol. The lowest BCUT2D eigenvalue weighted by Crippen LogP contribution is -2.52. The Bertz CT molecular complexity index is 706. The zero-order valence-corrected chi connectivity index (χ0v) is 16.6. The average Bonchev–Trinajstić information content (AvgIpc) is 2.67. The summed E-state index contributed by atoms with van der Waals surface area (Å²) in [4.78, 5) is 19.0. The fraction of sp³-hybridized carbons (Fsp3) is 0.714. The molecule has 0 unspecified atom stereocenters. The molecule has 1 N–H and O–H groups in total. The molecule has 0 aromatic carbocycles. The van der Waals surface area contributed by atoms with Crippen LogP contribution in [0.5, 0.6) is 0 Å². The highest BCUT2D eigenvalue weighted by Crippen LogP contribution is 2.38. The molecular formula is C21H29F3N4O. The van der Waals surface area contributed by atoms with Gasteiger partial charge in [-0.3, -0.25) is 4.90 Å². The largest absolute Gasteiger partial charge is 0.435 e. The predicted molar refractivity (Wildman–Crippen MR) is 106 cm³/mol. The highest BCUT2D eigenvalue weighted by atomic mass is 19.4. The van der Waals surface area contributed by atoms with E-state index >= 15 is 0 Å². The molecule has 2 heterocycles. The molecule has 3 fully saturated rings. The minimum Gasteiger partial charge on any atom is -0.381 e. The van der Waals surface area contributed by atoms with Crippen LogP contribution in [0.1, 0.15) is 50.6 Å². The molecule has 3 aliphatic rings. The fourth-order valence-corrected chi connectivity index (χ4v) is 4.71. The zero-order valence-electron chi connectivity index (χ0n) is 16.6.